The average molecular weight is 482 g/mol. The molecule has 0 aromatic heterocycles. The fourth-order valence-corrected chi connectivity index (χ4v) is 3.00. The molecule has 0 atom stereocenters. The van der Waals surface area contributed by atoms with Crippen LogP contribution in [0.5, 0.6) is 17.2 Å². The fourth-order valence-electron chi connectivity index (χ4n) is 2.87. The molecule has 0 unspecified atom stereocenters. The van der Waals surface area contributed by atoms with Gasteiger partial charge in [0.25, 0.3) is 0 Å². The van der Waals surface area contributed by atoms with Crippen LogP contribution in [0.1, 0.15) is 18.1 Å². The molecule has 0 fully saturated rings. The van der Waals surface area contributed by atoms with Crippen LogP contribution in [0.15, 0.2) is 71.8 Å². The Morgan fingerprint density at radius 1 is 0.941 bits per heavy atom. The Bertz CT molecular complexity index is 1170. The molecule has 3 rings (SSSR count). The second kappa shape index (κ2) is 12.3. The number of halogens is 1. The minimum atomic E-state index is -0.919. The molecule has 0 bridgehead atoms. The third-order valence-corrected chi connectivity index (χ3v) is 4.77. The fraction of sp³-hybridized carbons (Fsp3) is 0.160. The summed E-state index contributed by atoms with van der Waals surface area (Å²) in [5.74, 6) is -0.272. The third kappa shape index (κ3) is 6.98. The van der Waals surface area contributed by atoms with E-state index in [2.05, 4.69) is 15.8 Å². The quantitative estimate of drug-likeness (QED) is 0.268. The van der Waals surface area contributed by atoms with Crippen molar-refractivity contribution in [1.82, 2.24) is 5.43 Å². The number of rotatable bonds is 9. The Morgan fingerprint density at radius 2 is 1.71 bits per heavy atom. The smallest absolute Gasteiger partial charge is 0.329 e. The maximum Gasteiger partial charge on any atom is 0.329 e. The Kier molecular flexibility index (Phi) is 8.88. The molecule has 0 aliphatic rings. The van der Waals surface area contributed by atoms with Crippen LogP contribution in [0, 0.1) is 0 Å². The first-order chi connectivity index (χ1) is 16.5. The van der Waals surface area contributed by atoms with E-state index in [1.807, 2.05) is 19.1 Å². The summed E-state index contributed by atoms with van der Waals surface area (Å²) in [5, 5.41) is 7.01. The van der Waals surface area contributed by atoms with Crippen LogP contribution in [-0.2, 0) is 16.2 Å². The number of nitrogens with one attached hydrogen (secondary N) is 2. The second-order valence-electron chi connectivity index (χ2n) is 6.91. The summed E-state index contributed by atoms with van der Waals surface area (Å²) in [5.41, 5.74) is 4.19. The minimum Gasteiger partial charge on any atom is -0.493 e. The van der Waals surface area contributed by atoms with Gasteiger partial charge in [0.05, 0.1) is 25.6 Å². The van der Waals surface area contributed by atoms with E-state index >= 15 is 0 Å². The van der Waals surface area contributed by atoms with Crippen LogP contribution < -0.4 is 25.0 Å². The number of nitrogens with zero attached hydrogens (tertiary/aromatic N) is 1. The Labute approximate surface area is 202 Å². The van der Waals surface area contributed by atoms with Gasteiger partial charge in [0.15, 0.2) is 11.5 Å². The van der Waals surface area contributed by atoms with Crippen LogP contribution in [0.2, 0.25) is 5.02 Å². The Balaban J connectivity index is 1.56. The molecular weight excluding hydrogens is 458 g/mol. The summed E-state index contributed by atoms with van der Waals surface area (Å²) in [6.45, 7) is 2.60. The van der Waals surface area contributed by atoms with Crippen molar-refractivity contribution in [3.05, 3.63) is 82.9 Å². The van der Waals surface area contributed by atoms with E-state index < -0.39 is 11.8 Å². The normalized spacial score (nSPS) is 10.6. The van der Waals surface area contributed by atoms with Gasteiger partial charge in [-0.2, -0.15) is 5.10 Å². The van der Waals surface area contributed by atoms with E-state index in [9.17, 15) is 9.59 Å². The maximum absolute atomic E-state index is 12.2. The average Bonchev–Trinajstić information content (AvgIpc) is 2.85. The molecule has 2 amide bonds. The van der Waals surface area contributed by atoms with Crippen molar-refractivity contribution in [2.75, 3.05) is 19.0 Å². The third-order valence-electron chi connectivity index (χ3n) is 4.52. The van der Waals surface area contributed by atoms with E-state index in [1.54, 1.807) is 54.6 Å². The lowest BCUT2D eigenvalue weighted by Crippen LogP contribution is -2.32. The number of carbonyl (C=O) groups excluding carboxylic acids is 2. The summed E-state index contributed by atoms with van der Waals surface area (Å²) in [6, 6.07) is 19.4. The number of hydrogen-bond acceptors (Lipinski definition) is 6. The molecule has 176 valence electrons. The first kappa shape index (κ1) is 24.6. The molecule has 9 heteroatoms. The van der Waals surface area contributed by atoms with Gasteiger partial charge in [-0.3, -0.25) is 9.59 Å². The van der Waals surface area contributed by atoms with Gasteiger partial charge in [-0.1, -0.05) is 35.9 Å². The van der Waals surface area contributed by atoms with Crippen molar-refractivity contribution in [2.45, 2.75) is 13.5 Å². The largest absolute Gasteiger partial charge is 0.493 e. The SMILES string of the molecule is CCOc1ccccc1NC(=O)C(=O)N/N=C\c1ccc(OCc2ccc(Cl)cc2)c(OC)c1. The van der Waals surface area contributed by atoms with Gasteiger partial charge in [0.1, 0.15) is 12.4 Å². The first-order valence-electron chi connectivity index (χ1n) is 10.4. The molecule has 8 nitrogen and oxygen atoms in total. The van der Waals surface area contributed by atoms with Crippen molar-refractivity contribution in [2.24, 2.45) is 5.10 Å². The lowest BCUT2D eigenvalue weighted by Gasteiger charge is -2.11. The van der Waals surface area contributed by atoms with Gasteiger partial charge in [-0.05, 0) is 60.5 Å². The van der Waals surface area contributed by atoms with Crippen molar-refractivity contribution >= 4 is 35.3 Å². The second-order valence-corrected chi connectivity index (χ2v) is 7.34. The van der Waals surface area contributed by atoms with E-state index in [4.69, 9.17) is 25.8 Å². The molecule has 0 aliphatic heterocycles. The molecular formula is C25H24ClN3O5. The van der Waals surface area contributed by atoms with E-state index in [0.717, 1.165) is 5.56 Å². The molecule has 0 spiro atoms. The standard InChI is InChI=1S/C25H24ClN3O5/c1-3-33-21-7-5-4-6-20(21)28-24(30)25(31)29-27-15-18-10-13-22(23(14-18)32-2)34-16-17-8-11-19(26)12-9-17/h4-15H,3,16H2,1-2H3,(H,28,30)(H,29,31)/b27-15-. The minimum absolute atomic E-state index is 0.346. The highest BCUT2D eigenvalue weighted by atomic mass is 35.5. The summed E-state index contributed by atoms with van der Waals surface area (Å²) in [7, 11) is 1.53. The summed E-state index contributed by atoms with van der Waals surface area (Å²) >= 11 is 5.90. The molecule has 0 saturated heterocycles. The number of anilines is 1. The number of benzene rings is 3. The molecule has 0 aliphatic carbocycles. The molecule has 0 radical (unpaired) electrons. The lowest BCUT2D eigenvalue weighted by molar-refractivity contribution is -0.136. The number of amides is 2. The topological polar surface area (TPSA) is 98.2 Å². The summed E-state index contributed by atoms with van der Waals surface area (Å²) < 4.78 is 16.6. The molecule has 34 heavy (non-hydrogen) atoms. The molecule has 2 N–H and O–H groups in total. The number of methoxy groups -OCH3 is 1. The number of hydrogen-bond donors (Lipinski definition) is 2. The van der Waals surface area contributed by atoms with Gasteiger partial charge in [-0.15, -0.1) is 0 Å². The lowest BCUT2D eigenvalue weighted by atomic mass is 10.2. The zero-order valence-corrected chi connectivity index (χ0v) is 19.5. The number of ether oxygens (including phenoxy) is 3. The van der Waals surface area contributed by atoms with Crippen LogP contribution in [0.25, 0.3) is 0 Å². The van der Waals surface area contributed by atoms with Gasteiger partial charge in [0, 0.05) is 5.02 Å². The molecule has 3 aromatic rings. The number of para-hydroxylation sites is 2. The van der Waals surface area contributed by atoms with Crippen molar-refractivity contribution in [3.8, 4) is 17.2 Å². The van der Waals surface area contributed by atoms with Crippen LogP contribution in [0.3, 0.4) is 0 Å². The van der Waals surface area contributed by atoms with Crippen LogP contribution in [-0.4, -0.2) is 31.7 Å². The van der Waals surface area contributed by atoms with Crippen LogP contribution >= 0.6 is 11.6 Å². The Hall–Kier alpha value is -4.04. The maximum atomic E-state index is 12.2. The predicted octanol–water partition coefficient (Wildman–Crippen LogP) is 4.42. The predicted molar refractivity (Wildman–Crippen MR) is 131 cm³/mol. The summed E-state index contributed by atoms with van der Waals surface area (Å²) in [4.78, 5) is 24.3. The van der Waals surface area contributed by atoms with Gasteiger partial charge in [0.2, 0.25) is 0 Å². The van der Waals surface area contributed by atoms with Crippen LogP contribution in [0.4, 0.5) is 5.69 Å². The van der Waals surface area contributed by atoms with Gasteiger partial charge >= 0.3 is 11.8 Å². The highest BCUT2D eigenvalue weighted by Crippen LogP contribution is 2.28. The molecule has 3 aromatic carbocycles. The highest BCUT2D eigenvalue weighted by molar-refractivity contribution is 6.39. The van der Waals surface area contributed by atoms with Gasteiger partial charge in [-0.25, -0.2) is 5.43 Å². The van der Waals surface area contributed by atoms with Crippen molar-refractivity contribution in [1.29, 1.82) is 0 Å². The van der Waals surface area contributed by atoms with E-state index in [1.165, 1.54) is 13.3 Å². The molecule has 0 heterocycles. The van der Waals surface area contributed by atoms with Crippen molar-refractivity contribution < 1.29 is 23.8 Å². The zero-order valence-electron chi connectivity index (χ0n) is 18.7. The summed E-state index contributed by atoms with van der Waals surface area (Å²) in [6.07, 6.45) is 1.39. The highest BCUT2D eigenvalue weighted by Gasteiger charge is 2.15. The number of carbonyl (C=O) groups is 2. The number of hydrazone groups is 1. The van der Waals surface area contributed by atoms with E-state index in [0.29, 0.717) is 46.7 Å². The zero-order chi connectivity index (χ0) is 24.3. The first-order valence-corrected chi connectivity index (χ1v) is 10.8. The van der Waals surface area contributed by atoms with E-state index in [-0.39, 0.29) is 0 Å². The molecule has 0 saturated carbocycles. The van der Waals surface area contributed by atoms with Crippen molar-refractivity contribution in [3.63, 3.8) is 0 Å². The Morgan fingerprint density at radius 3 is 2.44 bits per heavy atom. The van der Waals surface area contributed by atoms with Gasteiger partial charge < -0.3 is 19.5 Å². The monoisotopic (exact) mass is 481 g/mol.